The maximum Gasteiger partial charge on any atom is 0.162 e. The van der Waals surface area contributed by atoms with E-state index < -0.39 is 0 Å². The Bertz CT molecular complexity index is 607. The highest BCUT2D eigenvalue weighted by atomic mass is 16.5. The van der Waals surface area contributed by atoms with Crippen LogP contribution in [0.1, 0.15) is 0 Å². The lowest BCUT2D eigenvalue weighted by atomic mass is 10.2. The molecule has 7 heteroatoms. The van der Waals surface area contributed by atoms with E-state index in [4.69, 9.17) is 14.2 Å². The van der Waals surface area contributed by atoms with Gasteiger partial charge in [0.1, 0.15) is 18.0 Å². The summed E-state index contributed by atoms with van der Waals surface area (Å²) in [5, 5.41) is 6.35. The number of benzene rings is 1. The molecule has 0 bridgehead atoms. The van der Waals surface area contributed by atoms with Gasteiger partial charge in [-0.2, -0.15) is 0 Å². The van der Waals surface area contributed by atoms with E-state index in [1.165, 1.54) is 6.33 Å². The van der Waals surface area contributed by atoms with Crippen molar-refractivity contribution in [3.05, 3.63) is 30.6 Å². The van der Waals surface area contributed by atoms with Gasteiger partial charge in [0.15, 0.2) is 11.5 Å². The van der Waals surface area contributed by atoms with Crippen molar-refractivity contribution in [2.24, 2.45) is 0 Å². The van der Waals surface area contributed by atoms with Crippen LogP contribution in [-0.4, -0.2) is 44.4 Å². The first kappa shape index (κ1) is 15.8. The number of hydrogen-bond acceptors (Lipinski definition) is 7. The standard InChI is InChI=1S/C15H20N4O3/c1-20-7-6-16-14-9-15(18-10-17-14)19-11-4-5-12(21-2)13(8-11)22-3/h4-5,8-10H,6-7H2,1-3H3,(H2,16,17,18,19). The van der Waals surface area contributed by atoms with Crippen molar-refractivity contribution in [3.8, 4) is 11.5 Å². The van der Waals surface area contributed by atoms with Crippen molar-refractivity contribution in [2.45, 2.75) is 0 Å². The molecule has 22 heavy (non-hydrogen) atoms. The second-order valence-corrected chi connectivity index (χ2v) is 4.40. The largest absolute Gasteiger partial charge is 0.493 e. The topological polar surface area (TPSA) is 77.5 Å². The highest BCUT2D eigenvalue weighted by Crippen LogP contribution is 2.30. The molecule has 0 spiro atoms. The summed E-state index contributed by atoms with van der Waals surface area (Å²) in [7, 11) is 4.86. The summed E-state index contributed by atoms with van der Waals surface area (Å²) in [6.45, 7) is 1.30. The summed E-state index contributed by atoms with van der Waals surface area (Å²) in [5.74, 6) is 2.75. The highest BCUT2D eigenvalue weighted by Gasteiger charge is 2.05. The van der Waals surface area contributed by atoms with Gasteiger partial charge in [0.25, 0.3) is 0 Å². The van der Waals surface area contributed by atoms with Gasteiger partial charge < -0.3 is 24.8 Å². The molecule has 2 N–H and O–H groups in total. The minimum Gasteiger partial charge on any atom is -0.493 e. The smallest absolute Gasteiger partial charge is 0.162 e. The molecule has 0 aliphatic carbocycles. The third kappa shape index (κ3) is 4.23. The zero-order chi connectivity index (χ0) is 15.8. The quantitative estimate of drug-likeness (QED) is 0.724. The molecular weight excluding hydrogens is 284 g/mol. The van der Waals surface area contributed by atoms with E-state index in [-0.39, 0.29) is 0 Å². The lowest BCUT2D eigenvalue weighted by Gasteiger charge is -2.11. The molecule has 0 amide bonds. The zero-order valence-corrected chi connectivity index (χ0v) is 12.9. The van der Waals surface area contributed by atoms with E-state index in [9.17, 15) is 0 Å². The van der Waals surface area contributed by atoms with Crippen LogP contribution in [0.15, 0.2) is 30.6 Å². The Balaban J connectivity index is 2.08. The van der Waals surface area contributed by atoms with Gasteiger partial charge in [-0.25, -0.2) is 9.97 Å². The molecule has 1 aromatic heterocycles. The molecule has 0 atom stereocenters. The molecule has 0 radical (unpaired) electrons. The molecule has 0 aliphatic rings. The van der Waals surface area contributed by atoms with E-state index in [1.54, 1.807) is 21.3 Å². The summed E-state index contributed by atoms with van der Waals surface area (Å²) in [6.07, 6.45) is 1.50. The Morgan fingerprint density at radius 1 is 0.955 bits per heavy atom. The summed E-state index contributed by atoms with van der Waals surface area (Å²) < 4.78 is 15.5. The molecule has 0 fully saturated rings. The second-order valence-electron chi connectivity index (χ2n) is 4.40. The van der Waals surface area contributed by atoms with Crippen molar-refractivity contribution >= 4 is 17.3 Å². The van der Waals surface area contributed by atoms with Gasteiger partial charge in [-0.05, 0) is 12.1 Å². The van der Waals surface area contributed by atoms with Crippen LogP contribution in [0, 0.1) is 0 Å². The first-order valence-corrected chi connectivity index (χ1v) is 6.80. The van der Waals surface area contributed by atoms with Crippen LogP contribution < -0.4 is 20.1 Å². The van der Waals surface area contributed by atoms with Crippen LogP contribution in [0.4, 0.5) is 17.3 Å². The molecule has 2 rings (SSSR count). The average molecular weight is 304 g/mol. The number of nitrogens with one attached hydrogen (secondary N) is 2. The number of methoxy groups -OCH3 is 3. The van der Waals surface area contributed by atoms with Gasteiger partial charge in [0.05, 0.1) is 20.8 Å². The lowest BCUT2D eigenvalue weighted by Crippen LogP contribution is -2.09. The first-order valence-electron chi connectivity index (χ1n) is 6.80. The maximum atomic E-state index is 5.28. The normalized spacial score (nSPS) is 10.1. The van der Waals surface area contributed by atoms with Crippen molar-refractivity contribution in [2.75, 3.05) is 45.1 Å². The molecule has 0 saturated heterocycles. The highest BCUT2D eigenvalue weighted by molar-refractivity contribution is 5.62. The Kier molecular flexibility index (Phi) is 5.79. The number of ether oxygens (including phenoxy) is 3. The van der Waals surface area contributed by atoms with E-state index in [2.05, 4.69) is 20.6 Å². The van der Waals surface area contributed by atoms with Gasteiger partial charge in [-0.15, -0.1) is 0 Å². The fourth-order valence-electron chi connectivity index (χ4n) is 1.87. The SMILES string of the molecule is COCCNc1cc(Nc2ccc(OC)c(OC)c2)ncn1. The number of hydrogen-bond donors (Lipinski definition) is 2. The number of aromatic nitrogens is 2. The Hall–Kier alpha value is -2.54. The molecule has 118 valence electrons. The predicted octanol–water partition coefficient (Wildman–Crippen LogP) is 2.30. The molecule has 1 aromatic carbocycles. The van der Waals surface area contributed by atoms with Crippen LogP contribution in [0.5, 0.6) is 11.5 Å². The molecule has 0 unspecified atom stereocenters. The lowest BCUT2D eigenvalue weighted by molar-refractivity contribution is 0.210. The monoisotopic (exact) mass is 304 g/mol. The third-order valence-electron chi connectivity index (χ3n) is 2.94. The zero-order valence-electron chi connectivity index (χ0n) is 12.9. The first-order chi connectivity index (χ1) is 10.8. The fourth-order valence-corrected chi connectivity index (χ4v) is 1.87. The summed E-state index contributed by atoms with van der Waals surface area (Å²) in [6, 6.07) is 7.40. The van der Waals surface area contributed by atoms with Gasteiger partial charge >= 0.3 is 0 Å². The van der Waals surface area contributed by atoms with Crippen LogP contribution in [0.25, 0.3) is 0 Å². The van der Waals surface area contributed by atoms with Crippen molar-refractivity contribution < 1.29 is 14.2 Å². The van der Waals surface area contributed by atoms with Crippen LogP contribution in [0.3, 0.4) is 0 Å². The fraction of sp³-hybridized carbons (Fsp3) is 0.333. The molecule has 0 saturated carbocycles. The summed E-state index contributed by atoms with van der Waals surface area (Å²) in [4.78, 5) is 8.35. The van der Waals surface area contributed by atoms with Gasteiger partial charge in [0, 0.05) is 31.5 Å². The Labute approximate surface area is 129 Å². The van der Waals surface area contributed by atoms with E-state index in [0.29, 0.717) is 30.5 Å². The third-order valence-corrected chi connectivity index (χ3v) is 2.94. The minimum atomic E-state index is 0.614. The van der Waals surface area contributed by atoms with E-state index >= 15 is 0 Å². The molecule has 0 aliphatic heterocycles. The summed E-state index contributed by atoms with van der Waals surface area (Å²) in [5.41, 5.74) is 0.846. The van der Waals surface area contributed by atoms with E-state index in [0.717, 1.165) is 11.5 Å². The van der Waals surface area contributed by atoms with Crippen molar-refractivity contribution in [1.82, 2.24) is 9.97 Å². The Morgan fingerprint density at radius 3 is 2.45 bits per heavy atom. The van der Waals surface area contributed by atoms with Crippen molar-refractivity contribution in [1.29, 1.82) is 0 Å². The van der Waals surface area contributed by atoms with Crippen molar-refractivity contribution in [3.63, 3.8) is 0 Å². The molecule has 2 aromatic rings. The summed E-state index contributed by atoms with van der Waals surface area (Å²) >= 11 is 0. The van der Waals surface area contributed by atoms with Gasteiger partial charge in [-0.3, -0.25) is 0 Å². The molecular formula is C15H20N4O3. The predicted molar refractivity (Wildman–Crippen MR) is 85.2 cm³/mol. The average Bonchev–Trinajstić information content (AvgIpc) is 2.55. The second kappa shape index (κ2) is 8.04. The number of anilines is 3. The number of nitrogens with zero attached hydrogens (tertiary/aromatic N) is 2. The van der Waals surface area contributed by atoms with Crippen LogP contribution >= 0.6 is 0 Å². The minimum absolute atomic E-state index is 0.614. The molecule has 1 heterocycles. The molecule has 7 nitrogen and oxygen atoms in total. The van der Waals surface area contributed by atoms with E-state index in [1.807, 2.05) is 24.3 Å². The Morgan fingerprint density at radius 2 is 1.73 bits per heavy atom. The van der Waals surface area contributed by atoms with Crippen LogP contribution in [-0.2, 0) is 4.74 Å². The van der Waals surface area contributed by atoms with Crippen LogP contribution in [0.2, 0.25) is 0 Å². The number of rotatable bonds is 8. The van der Waals surface area contributed by atoms with Gasteiger partial charge in [-0.1, -0.05) is 0 Å². The van der Waals surface area contributed by atoms with Gasteiger partial charge in [0.2, 0.25) is 0 Å². The maximum absolute atomic E-state index is 5.28.